The number of carboxylic acids is 2. The summed E-state index contributed by atoms with van der Waals surface area (Å²) in [5, 5.41) is 17.6. The molecule has 17 heavy (non-hydrogen) atoms. The van der Waals surface area contributed by atoms with Crippen LogP contribution in [0, 0.1) is 0 Å². The van der Waals surface area contributed by atoms with Crippen LogP contribution in [0.2, 0.25) is 0 Å². The Balaban J connectivity index is 2.80. The van der Waals surface area contributed by atoms with Crippen molar-refractivity contribution in [3.63, 3.8) is 0 Å². The van der Waals surface area contributed by atoms with Gasteiger partial charge in [-0.05, 0) is 12.1 Å². The zero-order valence-electron chi connectivity index (χ0n) is 8.09. The van der Waals surface area contributed by atoms with Crippen LogP contribution in [0.25, 0.3) is 0 Å². The predicted molar refractivity (Wildman–Crippen MR) is 50.1 cm³/mol. The number of esters is 2. The fourth-order valence-corrected chi connectivity index (χ4v) is 1.49. The third-order valence-corrected chi connectivity index (χ3v) is 2.24. The molecule has 2 N–H and O–H groups in total. The van der Waals surface area contributed by atoms with Crippen molar-refractivity contribution in [1.29, 1.82) is 0 Å². The lowest BCUT2D eigenvalue weighted by molar-refractivity contribution is 0.0372. The number of hydrogen-bond acceptors (Lipinski definition) is 5. The monoisotopic (exact) mass is 236 g/mol. The molecule has 1 aliphatic heterocycles. The molecule has 0 amide bonds. The lowest BCUT2D eigenvalue weighted by Gasteiger charge is -2.15. The average Bonchev–Trinajstić information content (AvgIpc) is 2.25. The van der Waals surface area contributed by atoms with E-state index in [0.29, 0.717) is 0 Å². The Morgan fingerprint density at radius 3 is 1.65 bits per heavy atom. The summed E-state index contributed by atoms with van der Waals surface area (Å²) >= 11 is 0. The molecule has 0 atom stereocenters. The Bertz CT molecular complexity index is 537. The Kier molecular flexibility index (Phi) is 2.17. The van der Waals surface area contributed by atoms with Crippen molar-refractivity contribution in [3.8, 4) is 0 Å². The van der Waals surface area contributed by atoms with Crippen LogP contribution in [-0.4, -0.2) is 34.1 Å². The van der Waals surface area contributed by atoms with Crippen LogP contribution in [0.15, 0.2) is 12.1 Å². The van der Waals surface area contributed by atoms with Crippen molar-refractivity contribution in [2.75, 3.05) is 0 Å². The van der Waals surface area contributed by atoms with Crippen molar-refractivity contribution >= 4 is 23.9 Å². The summed E-state index contributed by atoms with van der Waals surface area (Å²) in [7, 11) is 0. The Labute approximate surface area is 93.2 Å². The number of fused-ring (bicyclic) bond motifs is 2. The van der Waals surface area contributed by atoms with Gasteiger partial charge in [0.1, 0.15) is 0 Å². The number of cyclic esters (lactones) is 2. The number of carboxylic acid groups (broad SMARTS) is 2. The molecule has 0 aliphatic carbocycles. The summed E-state index contributed by atoms with van der Waals surface area (Å²) in [5.41, 5.74) is -1.69. The smallest absolute Gasteiger partial charge is 0.346 e. The van der Waals surface area contributed by atoms with Crippen LogP contribution in [0.1, 0.15) is 41.4 Å². The van der Waals surface area contributed by atoms with Crippen LogP contribution in [0.3, 0.4) is 0 Å². The van der Waals surface area contributed by atoms with Crippen LogP contribution < -0.4 is 0 Å². The number of aromatic carboxylic acids is 2. The Hall–Kier alpha value is -2.70. The minimum Gasteiger partial charge on any atom is -0.478 e. The van der Waals surface area contributed by atoms with Crippen LogP contribution >= 0.6 is 0 Å². The molecule has 0 fully saturated rings. The summed E-state index contributed by atoms with van der Waals surface area (Å²) in [5.74, 6) is -5.14. The van der Waals surface area contributed by atoms with E-state index in [1.165, 1.54) is 0 Å². The van der Waals surface area contributed by atoms with Crippen LogP contribution in [-0.2, 0) is 4.74 Å². The fourth-order valence-electron chi connectivity index (χ4n) is 1.49. The van der Waals surface area contributed by atoms with Gasteiger partial charge >= 0.3 is 23.9 Å². The second kappa shape index (κ2) is 3.41. The zero-order valence-corrected chi connectivity index (χ0v) is 8.09. The molecule has 1 aliphatic rings. The van der Waals surface area contributed by atoms with Crippen molar-refractivity contribution in [2.24, 2.45) is 0 Å². The van der Waals surface area contributed by atoms with Gasteiger partial charge in [-0.1, -0.05) is 0 Å². The van der Waals surface area contributed by atoms with Gasteiger partial charge in [0.2, 0.25) is 0 Å². The van der Waals surface area contributed by atoms with E-state index >= 15 is 0 Å². The molecule has 86 valence electrons. The van der Waals surface area contributed by atoms with Gasteiger partial charge in [0.05, 0.1) is 22.3 Å². The summed E-state index contributed by atoms with van der Waals surface area (Å²) < 4.78 is 4.24. The maximum Gasteiger partial charge on any atom is 0.346 e. The van der Waals surface area contributed by atoms with E-state index in [1.54, 1.807) is 0 Å². The number of benzene rings is 1. The highest BCUT2D eigenvalue weighted by Gasteiger charge is 2.32. The molecule has 1 heterocycles. The fraction of sp³-hybridized carbons (Fsp3) is 0. The van der Waals surface area contributed by atoms with Crippen molar-refractivity contribution in [3.05, 3.63) is 34.4 Å². The van der Waals surface area contributed by atoms with E-state index in [1.807, 2.05) is 0 Å². The molecule has 0 saturated heterocycles. The molecule has 7 heteroatoms. The highest BCUT2D eigenvalue weighted by Crippen LogP contribution is 2.24. The third kappa shape index (κ3) is 1.53. The summed E-state index contributed by atoms with van der Waals surface area (Å²) in [6.45, 7) is 0. The highest BCUT2D eigenvalue weighted by atomic mass is 16.6. The Morgan fingerprint density at radius 1 is 0.882 bits per heavy atom. The summed E-state index contributed by atoms with van der Waals surface area (Å²) in [6.07, 6.45) is 0. The first kappa shape index (κ1) is 10.8. The molecule has 0 spiro atoms. The van der Waals surface area contributed by atoms with Crippen LogP contribution in [0.4, 0.5) is 0 Å². The number of hydrogen-bond donors (Lipinski definition) is 2. The van der Waals surface area contributed by atoms with Gasteiger partial charge < -0.3 is 14.9 Å². The van der Waals surface area contributed by atoms with Gasteiger partial charge in [0.15, 0.2) is 0 Å². The standard InChI is InChI=1S/C10H4O7/c11-7(12)3-1-4(8(13)14)6-2-5(3)9(15)17-10(6)16/h1-2H,(H,11,12)(H,13,14). The minimum absolute atomic E-state index is 0.336. The van der Waals surface area contributed by atoms with E-state index in [0.717, 1.165) is 12.1 Å². The van der Waals surface area contributed by atoms with Gasteiger partial charge in [-0.15, -0.1) is 0 Å². The molecular weight excluding hydrogens is 232 g/mol. The predicted octanol–water partition coefficient (Wildman–Crippen LogP) is 0.394. The molecule has 0 unspecified atom stereocenters. The van der Waals surface area contributed by atoms with E-state index in [-0.39, 0.29) is 11.1 Å². The average molecular weight is 236 g/mol. The number of carbonyl (C=O) groups excluding carboxylic acids is 2. The highest BCUT2D eigenvalue weighted by molar-refractivity contribution is 6.16. The van der Waals surface area contributed by atoms with Gasteiger partial charge in [-0.25, -0.2) is 19.2 Å². The quantitative estimate of drug-likeness (QED) is 0.563. The first-order chi connectivity index (χ1) is 7.91. The van der Waals surface area contributed by atoms with Gasteiger partial charge in [-0.3, -0.25) is 0 Å². The van der Waals surface area contributed by atoms with Gasteiger partial charge in [-0.2, -0.15) is 0 Å². The van der Waals surface area contributed by atoms with Crippen molar-refractivity contribution in [2.45, 2.75) is 0 Å². The Morgan fingerprint density at radius 2 is 1.29 bits per heavy atom. The number of ether oxygens (including phenoxy) is 1. The van der Waals surface area contributed by atoms with E-state index in [9.17, 15) is 19.2 Å². The van der Waals surface area contributed by atoms with E-state index in [4.69, 9.17) is 10.2 Å². The lowest BCUT2D eigenvalue weighted by Crippen LogP contribution is -2.25. The normalized spacial score (nSPS) is 13.2. The third-order valence-electron chi connectivity index (χ3n) is 2.24. The molecule has 1 aromatic carbocycles. The number of rotatable bonds is 2. The largest absolute Gasteiger partial charge is 0.478 e. The second-order valence-electron chi connectivity index (χ2n) is 3.23. The van der Waals surface area contributed by atoms with Gasteiger partial charge in [0.25, 0.3) is 0 Å². The molecule has 0 saturated carbocycles. The van der Waals surface area contributed by atoms with E-state index in [2.05, 4.69) is 4.74 Å². The van der Waals surface area contributed by atoms with Gasteiger partial charge in [0, 0.05) is 0 Å². The molecule has 2 rings (SSSR count). The summed E-state index contributed by atoms with van der Waals surface area (Å²) in [6, 6.07) is 1.69. The molecule has 2 bridgehead atoms. The second-order valence-corrected chi connectivity index (χ2v) is 3.23. The van der Waals surface area contributed by atoms with E-state index < -0.39 is 35.0 Å². The maximum absolute atomic E-state index is 11.2. The SMILES string of the molecule is O=C(O)c1cc(C(=O)O)c2cc1C(=O)OC2=O. The molecule has 0 radical (unpaired) electrons. The maximum atomic E-state index is 11.2. The zero-order chi connectivity index (χ0) is 12.7. The van der Waals surface area contributed by atoms with Crippen molar-refractivity contribution in [1.82, 2.24) is 0 Å². The van der Waals surface area contributed by atoms with Crippen LogP contribution in [0.5, 0.6) is 0 Å². The first-order valence-electron chi connectivity index (χ1n) is 4.33. The van der Waals surface area contributed by atoms with Crippen molar-refractivity contribution < 1.29 is 34.1 Å². The topological polar surface area (TPSA) is 118 Å². The summed E-state index contributed by atoms with van der Waals surface area (Å²) in [4.78, 5) is 44.1. The molecular formula is C10H4O7. The molecule has 0 aromatic heterocycles. The minimum atomic E-state index is -1.47. The molecule has 1 aromatic rings. The first-order valence-corrected chi connectivity index (χ1v) is 4.33. The molecule has 7 nitrogen and oxygen atoms in total. The lowest BCUT2D eigenvalue weighted by atomic mass is 9.96. The number of carbonyl (C=O) groups is 4.